The van der Waals surface area contributed by atoms with Crippen LogP contribution >= 0.6 is 0 Å². The fourth-order valence-electron chi connectivity index (χ4n) is 2.96. The van der Waals surface area contributed by atoms with Gasteiger partial charge < -0.3 is 4.42 Å². The van der Waals surface area contributed by atoms with E-state index in [2.05, 4.69) is 47.5 Å². The summed E-state index contributed by atoms with van der Waals surface area (Å²) in [6.07, 6.45) is 3.77. The lowest BCUT2D eigenvalue weighted by molar-refractivity contribution is 0.569. The van der Waals surface area contributed by atoms with Crippen LogP contribution in [-0.4, -0.2) is 14.8 Å². The lowest BCUT2D eigenvalue weighted by Gasteiger charge is -1.98. The van der Waals surface area contributed by atoms with Crippen LogP contribution in [0, 0.1) is 13.8 Å². The third kappa shape index (κ3) is 3.24. The molecule has 0 fully saturated rings. The Bertz CT molecular complexity index is 999. The second-order valence-electron chi connectivity index (χ2n) is 6.21. The molecule has 4 nitrogen and oxygen atoms in total. The van der Waals surface area contributed by atoms with Crippen molar-refractivity contribution in [3.05, 3.63) is 84.0 Å². The number of rotatable bonds is 4. The van der Waals surface area contributed by atoms with Crippen LogP contribution in [0.1, 0.15) is 17.0 Å². The van der Waals surface area contributed by atoms with Gasteiger partial charge in [0.15, 0.2) is 0 Å². The van der Waals surface area contributed by atoms with Gasteiger partial charge in [0.1, 0.15) is 12.0 Å². The van der Waals surface area contributed by atoms with Gasteiger partial charge in [-0.15, -0.1) is 0 Å². The van der Waals surface area contributed by atoms with Crippen LogP contribution in [-0.2, 0) is 6.54 Å². The highest BCUT2D eigenvalue weighted by molar-refractivity contribution is 5.64. The van der Waals surface area contributed by atoms with Crippen molar-refractivity contribution in [1.82, 2.24) is 14.8 Å². The minimum absolute atomic E-state index is 0.586. The van der Waals surface area contributed by atoms with Gasteiger partial charge in [0.2, 0.25) is 5.89 Å². The molecule has 124 valence electrons. The van der Waals surface area contributed by atoms with E-state index in [9.17, 15) is 0 Å². The van der Waals surface area contributed by atoms with E-state index in [1.807, 2.05) is 41.9 Å². The SMILES string of the molecule is Cc1cccc(-c2nc(Cn3cc(-c4ccccc4)c(C)n3)co2)c1. The van der Waals surface area contributed by atoms with Gasteiger partial charge in [-0.1, -0.05) is 48.0 Å². The smallest absolute Gasteiger partial charge is 0.226 e. The van der Waals surface area contributed by atoms with Crippen LogP contribution < -0.4 is 0 Å². The Morgan fingerprint density at radius 1 is 0.960 bits per heavy atom. The van der Waals surface area contributed by atoms with E-state index in [-0.39, 0.29) is 0 Å². The van der Waals surface area contributed by atoms with Gasteiger partial charge in [-0.05, 0) is 31.5 Å². The van der Waals surface area contributed by atoms with E-state index in [4.69, 9.17) is 4.42 Å². The molecule has 0 saturated carbocycles. The standard InChI is InChI=1S/C21H19N3O/c1-15-7-6-10-18(11-15)21-22-19(14-25-21)12-24-13-20(16(2)23-24)17-8-4-3-5-9-17/h3-11,13-14H,12H2,1-2H3. The van der Waals surface area contributed by atoms with Crippen molar-refractivity contribution in [3.8, 4) is 22.6 Å². The summed E-state index contributed by atoms with van der Waals surface area (Å²) in [4.78, 5) is 4.60. The molecule has 0 aliphatic carbocycles. The van der Waals surface area contributed by atoms with Crippen LogP contribution in [0.4, 0.5) is 0 Å². The molecule has 0 N–H and O–H groups in total. The molecule has 25 heavy (non-hydrogen) atoms. The molecule has 0 amide bonds. The highest BCUT2D eigenvalue weighted by Crippen LogP contribution is 2.23. The number of oxazole rings is 1. The van der Waals surface area contributed by atoms with Gasteiger partial charge in [-0.3, -0.25) is 4.68 Å². The minimum Gasteiger partial charge on any atom is -0.444 e. The third-order valence-electron chi connectivity index (χ3n) is 4.17. The largest absolute Gasteiger partial charge is 0.444 e. The van der Waals surface area contributed by atoms with Crippen molar-refractivity contribution in [2.45, 2.75) is 20.4 Å². The van der Waals surface area contributed by atoms with Crippen LogP contribution in [0.5, 0.6) is 0 Å². The Labute approximate surface area is 146 Å². The van der Waals surface area contributed by atoms with Gasteiger partial charge in [-0.2, -0.15) is 5.10 Å². The maximum Gasteiger partial charge on any atom is 0.226 e. The summed E-state index contributed by atoms with van der Waals surface area (Å²) in [6, 6.07) is 18.4. The Morgan fingerprint density at radius 2 is 1.76 bits per heavy atom. The van der Waals surface area contributed by atoms with E-state index >= 15 is 0 Å². The number of aryl methyl sites for hydroxylation is 2. The molecule has 0 radical (unpaired) electrons. The Hall–Kier alpha value is -3.14. The van der Waals surface area contributed by atoms with Gasteiger partial charge in [0.25, 0.3) is 0 Å². The molecule has 0 spiro atoms. The zero-order chi connectivity index (χ0) is 17.2. The lowest BCUT2D eigenvalue weighted by atomic mass is 10.1. The molecule has 0 aliphatic rings. The highest BCUT2D eigenvalue weighted by atomic mass is 16.3. The molecule has 4 aromatic rings. The number of nitrogens with zero attached hydrogens (tertiary/aromatic N) is 3. The summed E-state index contributed by atoms with van der Waals surface area (Å²) in [5, 5.41) is 4.61. The highest BCUT2D eigenvalue weighted by Gasteiger charge is 2.11. The molecule has 0 aliphatic heterocycles. The first-order valence-corrected chi connectivity index (χ1v) is 8.30. The Kier molecular flexibility index (Phi) is 3.94. The molecule has 0 atom stereocenters. The topological polar surface area (TPSA) is 43.9 Å². The number of hydrogen-bond acceptors (Lipinski definition) is 3. The third-order valence-corrected chi connectivity index (χ3v) is 4.17. The molecule has 2 aromatic heterocycles. The molecular weight excluding hydrogens is 310 g/mol. The molecule has 0 saturated heterocycles. The minimum atomic E-state index is 0.586. The Morgan fingerprint density at radius 3 is 2.56 bits per heavy atom. The van der Waals surface area contributed by atoms with Gasteiger partial charge >= 0.3 is 0 Å². The molecule has 4 rings (SSSR count). The summed E-state index contributed by atoms with van der Waals surface area (Å²) in [5.74, 6) is 0.644. The fourth-order valence-corrected chi connectivity index (χ4v) is 2.96. The van der Waals surface area contributed by atoms with E-state index in [1.54, 1.807) is 6.26 Å². The summed E-state index contributed by atoms with van der Waals surface area (Å²) >= 11 is 0. The normalized spacial score (nSPS) is 11.0. The van der Waals surface area contributed by atoms with Crippen LogP contribution in [0.3, 0.4) is 0 Å². The molecule has 0 bridgehead atoms. The summed E-state index contributed by atoms with van der Waals surface area (Å²) in [6.45, 7) is 4.67. The van der Waals surface area contributed by atoms with Crippen molar-refractivity contribution in [2.75, 3.05) is 0 Å². The van der Waals surface area contributed by atoms with Crippen molar-refractivity contribution in [1.29, 1.82) is 0 Å². The molecule has 4 heteroatoms. The van der Waals surface area contributed by atoms with E-state index in [1.165, 1.54) is 11.1 Å². The molecule has 2 heterocycles. The summed E-state index contributed by atoms with van der Waals surface area (Å²) < 4.78 is 7.56. The van der Waals surface area contributed by atoms with Crippen LogP contribution in [0.2, 0.25) is 0 Å². The average Bonchev–Trinajstić information content (AvgIpc) is 3.23. The first-order valence-electron chi connectivity index (χ1n) is 8.30. The van der Waals surface area contributed by atoms with Gasteiger partial charge in [0.05, 0.1) is 12.2 Å². The van der Waals surface area contributed by atoms with Crippen LogP contribution in [0.15, 0.2) is 71.5 Å². The maximum atomic E-state index is 5.65. The quantitative estimate of drug-likeness (QED) is 0.536. The van der Waals surface area contributed by atoms with Crippen LogP contribution in [0.25, 0.3) is 22.6 Å². The molecule has 2 aromatic carbocycles. The van der Waals surface area contributed by atoms with Crippen molar-refractivity contribution in [2.24, 2.45) is 0 Å². The van der Waals surface area contributed by atoms with E-state index in [0.29, 0.717) is 12.4 Å². The van der Waals surface area contributed by atoms with Gasteiger partial charge in [0, 0.05) is 17.3 Å². The predicted octanol–water partition coefficient (Wildman–Crippen LogP) is 4.87. The summed E-state index contributed by atoms with van der Waals surface area (Å²) in [5.41, 5.74) is 6.36. The predicted molar refractivity (Wildman–Crippen MR) is 98.2 cm³/mol. The van der Waals surface area contributed by atoms with E-state index in [0.717, 1.165) is 22.5 Å². The first kappa shape index (κ1) is 15.4. The molecular formula is C21H19N3O. The van der Waals surface area contributed by atoms with Crippen molar-refractivity contribution in [3.63, 3.8) is 0 Å². The number of aromatic nitrogens is 3. The molecule has 0 unspecified atom stereocenters. The second kappa shape index (κ2) is 6.40. The maximum absolute atomic E-state index is 5.65. The lowest BCUT2D eigenvalue weighted by Crippen LogP contribution is -2.00. The number of hydrogen-bond donors (Lipinski definition) is 0. The fraction of sp³-hybridized carbons (Fsp3) is 0.143. The van der Waals surface area contributed by atoms with Crippen molar-refractivity contribution < 1.29 is 4.42 Å². The van der Waals surface area contributed by atoms with Gasteiger partial charge in [-0.25, -0.2) is 4.98 Å². The number of benzene rings is 2. The average molecular weight is 329 g/mol. The van der Waals surface area contributed by atoms with Crippen molar-refractivity contribution >= 4 is 0 Å². The second-order valence-corrected chi connectivity index (χ2v) is 6.21. The summed E-state index contributed by atoms with van der Waals surface area (Å²) in [7, 11) is 0. The Balaban J connectivity index is 1.58. The first-order chi connectivity index (χ1) is 12.2. The monoisotopic (exact) mass is 329 g/mol. The zero-order valence-corrected chi connectivity index (χ0v) is 14.3. The van der Waals surface area contributed by atoms with E-state index < -0.39 is 0 Å². The zero-order valence-electron chi connectivity index (χ0n) is 14.3.